The molecule has 1 unspecified atom stereocenters. The summed E-state index contributed by atoms with van der Waals surface area (Å²) in [6.07, 6.45) is 9.81. The van der Waals surface area contributed by atoms with E-state index in [4.69, 9.17) is 0 Å². The number of hydrogen-bond acceptors (Lipinski definition) is 2. The molecule has 1 atom stereocenters. The van der Waals surface area contributed by atoms with E-state index < -0.39 is 0 Å². The van der Waals surface area contributed by atoms with E-state index in [9.17, 15) is 4.79 Å². The zero-order valence-corrected chi connectivity index (χ0v) is 10.9. The maximum atomic E-state index is 12.6. The highest BCUT2D eigenvalue weighted by molar-refractivity contribution is 5.89. The van der Waals surface area contributed by atoms with Crippen molar-refractivity contribution < 1.29 is 4.79 Å². The van der Waals surface area contributed by atoms with Gasteiger partial charge in [0.05, 0.1) is 11.7 Å². The van der Waals surface area contributed by atoms with Crippen LogP contribution in [0, 0.1) is 5.92 Å². The fraction of sp³-hybridized carbons (Fsp3) is 0.929. The minimum atomic E-state index is -0.158. The first kappa shape index (κ1) is 11.5. The van der Waals surface area contributed by atoms with Gasteiger partial charge in [0.2, 0.25) is 5.91 Å². The second-order valence-electron chi connectivity index (χ2n) is 6.14. The number of nitrogens with zero attached hydrogens (tertiary/aromatic N) is 1. The van der Waals surface area contributed by atoms with Crippen LogP contribution >= 0.6 is 0 Å². The molecule has 1 N–H and O–H groups in total. The van der Waals surface area contributed by atoms with Crippen molar-refractivity contribution in [3.8, 4) is 0 Å². The van der Waals surface area contributed by atoms with Gasteiger partial charge in [-0.2, -0.15) is 0 Å². The van der Waals surface area contributed by atoms with E-state index in [0.29, 0.717) is 12.1 Å². The van der Waals surface area contributed by atoms with Crippen LogP contribution in [0.2, 0.25) is 0 Å². The Bertz CT molecular complexity index is 305. The van der Waals surface area contributed by atoms with E-state index in [1.165, 1.54) is 25.7 Å². The van der Waals surface area contributed by atoms with Crippen molar-refractivity contribution in [3.63, 3.8) is 0 Å². The molecule has 2 aliphatic carbocycles. The topological polar surface area (TPSA) is 32.3 Å². The molecule has 1 heterocycles. The fourth-order valence-electron chi connectivity index (χ4n) is 3.50. The van der Waals surface area contributed by atoms with Gasteiger partial charge in [0, 0.05) is 6.54 Å². The normalized spacial score (nSPS) is 31.7. The molecule has 3 fully saturated rings. The quantitative estimate of drug-likeness (QED) is 0.812. The Morgan fingerprint density at radius 1 is 1.35 bits per heavy atom. The summed E-state index contributed by atoms with van der Waals surface area (Å²) in [6.45, 7) is 3.22. The molecule has 0 aromatic heterocycles. The molecule has 3 rings (SSSR count). The number of carbonyl (C=O) groups is 1. The maximum absolute atomic E-state index is 12.6. The van der Waals surface area contributed by atoms with Crippen LogP contribution in [0.3, 0.4) is 0 Å². The van der Waals surface area contributed by atoms with Gasteiger partial charge in [-0.25, -0.2) is 0 Å². The molecule has 2 saturated carbocycles. The maximum Gasteiger partial charge on any atom is 0.244 e. The molecule has 1 amide bonds. The first-order valence-electron chi connectivity index (χ1n) is 7.34. The van der Waals surface area contributed by atoms with Crippen LogP contribution in [-0.4, -0.2) is 29.1 Å². The van der Waals surface area contributed by atoms with Gasteiger partial charge in [0.1, 0.15) is 0 Å². The number of rotatable bonds is 4. The van der Waals surface area contributed by atoms with E-state index in [-0.39, 0.29) is 5.54 Å². The number of nitrogens with one attached hydrogen (secondary N) is 1. The Kier molecular flexibility index (Phi) is 2.89. The predicted octanol–water partition coefficient (Wildman–Crippen LogP) is 2.27. The molecule has 3 heteroatoms. The van der Waals surface area contributed by atoms with Gasteiger partial charge < -0.3 is 4.90 Å². The lowest BCUT2D eigenvalue weighted by Crippen LogP contribution is -2.44. The molecule has 0 aromatic carbocycles. The number of amides is 1. The first-order chi connectivity index (χ1) is 8.25. The van der Waals surface area contributed by atoms with E-state index in [0.717, 1.165) is 38.1 Å². The number of hydrogen-bond donors (Lipinski definition) is 1. The van der Waals surface area contributed by atoms with Gasteiger partial charge in [0.15, 0.2) is 0 Å². The Hall–Kier alpha value is -0.570. The van der Waals surface area contributed by atoms with Gasteiger partial charge in [-0.3, -0.25) is 10.1 Å². The Labute approximate surface area is 104 Å². The highest BCUT2D eigenvalue weighted by atomic mass is 16.2. The van der Waals surface area contributed by atoms with Crippen LogP contribution in [-0.2, 0) is 4.79 Å². The minimum Gasteiger partial charge on any atom is -0.325 e. The average Bonchev–Trinajstić information content (AvgIpc) is 2.96. The number of carbonyl (C=O) groups excluding carboxylic acids is 1. The van der Waals surface area contributed by atoms with Crippen LogP contribution in [0.5, 0.6) is 0 Å². The van der Waals surface area contributed by atoms with Crippen molar-refractivity contribution in [2.75, 3.05) is 6.54 Å². The molecular weight excluding hydrogens is 212 g/mol. The molecule has 3 nitrogen and oxygen atoms in total. The third kappa shape index (κ3) is 1.99. The Morgan fingerprint density at radius 2 is 2.06 bits per heavy atom. The third-order valence-corrected chi connectivity index (χ3v) is 4.66. The van der Waals surface area contributed by atoms with Gasteiger partial charge in [-0.15, -0.1) is 0 Å². The fourth-order valence-corrected chi connectivity index (χ4v) is 3.50. The van der Waals surface area contributed by atoms with Crippen LogP contribution in [0.25, 0.3) is 0 Å². The van der Waals surface area contributed by atoms with Crippen LogP contribution in [0.1, 0.15) is 58.3 Å². The molecule has 96 valence electrons. The van der Waals surface area contributed by atoms with Gasteiger partial charge in [0.25, 0.3) is 0 Å². The summed E-state index contributed by atoms with van der Waals surface area (Å²) >= 11 is 0. The standard InChI is InChI=1S/C14H24N2O/c1-2-5-12-15-14(8-3-4-9-14)13(17)16(12)10-11-6-7-11/h11-12,15H,2-10H2,1H3. The van der Waals surface area contributed by atoms with Crippen molar-refractivity contribution in [2.24, 2.45) is 5.92 Å². The highest BCUT2D eigenvalue weighted by Gasteiger charge is 2.52. The summed E-state index contributed by atoms with van der Waals surface area (Å²) in [5, 5.41) is 3.68. The second-order valence-corrected chi connectivity index (χ2v) is 6.14. The van der Waals surface area contributed by atoms with Crippen LogP contribution < -0.4 is 5.32 Å². The predicted molar refractivity (Wildman–Crippen MR) is 67.5 cm³/mol. The summed E-state index contributed by atoms with van der Waals surface area (Å²) in [4.78, 5) is 14.8. The lowest BCUT2D eigenvalue weighted by molar-refractivity contribution is -0.133. The monoisotopic (exact) mass is 236 g/mol. The summed E-state index contributed by atoms with van der Waals surface area (Å²) in [5.74, 6) is 1.22. The van der Waals surface area contributed by atoms with E-state index in [2.05, 4.69) is 17.1 Å². The SMILES string of the molecule is CCCC1NC2(CCCC2)C(=O)N1CC1CC1. The molecule has 0 aromatic rings. The molecule has 1 saturated heterocycles. The van der Waals surface area contributed by atoms with Crippen molar-refractivity contribution in [2.45, 2.75) is 70.0 Å². The zero-order chi connectivity index (χ0) is 11.9. The molecule has 0 bridgehead atoms. The molecule has 1 aliphatic heterocycles. The average molecular weight is 236 g/mol. The second kappa shape index (κ2) is 4.27. The van der Waals surface area contributed by atoms with Crippen LogP contribution in [0.15, 0.2) is 0 Å². The summed E-state index contributed by atoms with van der Waals surface area (Å²) in [7, 11) is 0. The smallest absolute Gasteiger partial charge is 0.244 e. The molecule has 17 heavy (non-hydrogen) atoms. The van der Waals surface area contributed by atoms with Crippen molar-refractivity contribution in [1.29, 1.82) is 0 Å². The third-order valence-electron chi connectivity index (χ3n) is 4.66. The lowest BCUT2D eigenvalue weighted by Gasteiger charge is -2.23. The molecule has 1 spiro atoms. The zero-order valence-electron chi connectivity index (χ0n) is 10.9. The van der Waals surface area contributed by atoms with Crippen LogP contribution in [0.4, 0.5) is 0 Å². The van der Waals surface area contributed by atoms with Gasteiger partial charge >= 0.3 is 0 Å². The Balaban J connectivity index is 1.75. The van der Waals surface area contributed by atoms with E-state index >= 15 is 0 Å². The minimum absolute atomic E-state index is 0.158. The first-order valence-corrected chi connectivity index (χ1v) is 7.34. The van der Waals surface area contributed by atoms with Crippen molar-refractivity contribution in [1.82, 2.24) is 10.2 Å². The highest BCUT2D eigenvalue weighted by Crippen LogP contribution is 2.39. The molecular formula is C14H24N2O. The van der Waals surface area contributed by atoms with Crippen molar-refractivity contribution >= 4 is 5.91 Å². The van der Waals surface area contributed by atoms with Crippen molar-refractivity contribution in [3.05, 3.63) is 0 Å². The van der Waals surface area contributed by atoms with Gasteiger partial charge in [-0.05, 0) is 38.0 Å². The summed E-state index contributed by atoms with van der Waals surface area (Å²) < 4.78 is 0. The molecule has 3 aliphatic rings. The summed E-state index contributed by atoms with van der Waals surface area (Å²) in [5.41, 5.74) is -0.158. The van der Waals surface area contributed by atoms with E-state index in [1.54, 1.807) is 0 Å². The largest absolute Gasteiger partial charge is 0.325 e. The lowest BCUT2D eigenvalue weighted by atomic mass is 9.98. The van der Waals surface area contributed by atoms with Gasteiger partial charge in [-0.1, -0.05) is 26.2 Å². The molecule has 0 radical (unpaired) electrons. The summed E-state index contributed by atoms with van der Waals surface area (Å²) in [6, 6.07) is 0. The van der Waals surface area contributed by atoms with E-state index in [1.807, 2.05) is 0 Å². The Morgan fingerprint density at radius 3 is 2.65 bits per heavy atom.